The molecular formula is C14H27NO3. The minimum absolute atomic E-state index is 0.0430. The average molecular weight is 257 g/mol. The summed E-state index contributed by atoms with van der Waals surface area (Å²) in [6.07, 6.45) is 6.05. The van der Waals surface area contributed by atoms with E-state index < -0.39 is 6.04 Å². The second kappa shape index (κ2) is 9.92. The topological polar surface area (TPSA) is 55.4 Å². The van der Waals surface area contributed by atoms with Crippen LogP contribution in [-0.4, -0.2) is 25.0 Å². The van der Waals surface area contributed by atoms with Gasteiger partial charge in [-0.3, -0.25) is 4.79 Å². The van der Waals surface area contributed by atoms with Crippen LogP contribution in [0, 0.1) is 5.92 Å². The summed E-state index contributed by atoms with van der Waals surface area (Å²) in [6.45, 7) is 5.95. The van der Waals surface area contributed by atoms with E-state index in [-0.39, 0.29) is 17.8 Å². The molecular weight excluding hydrogens is 230 g/mol. The Hall–Kier alpha value is -1.06. The van der Waals surface area contributed by atoms with E-state index in [1.807, 2.05) is 13.8 Å². The molecule has 0 aliphatic heterocycles. The van der Waals surface area contributed by atoms with Crippen LogP contribution in [0.15, 0.2) is 0 Å². The van der Waals surface area contributed by atoms with Gasteiger partial charge < -0.3 is 10.1 Å². The second-order valence-electron chi connectivity index (χ2n) is 4.98. The highest BCUT2D eigenvalue weighted by molar-refractivity contribution is 5.84. The summed E-state index contributed by atoms with van der Waals surface area (Å²) < 4.78 is 4.68. The smallest absolute Gasteiger partial charge is 0.328 e. The Morgan fingerprint density at radius 3 is 2.22 bits per heavy atom. The van der Waals surface area contributed by atoms with Crippen molar-refractivity contribution in [2.75, 3.05) is 7.11 Å². The SMILES string of the molecule is CCCCCCCC(=O)NC(C(=O)OC)C(C)C. The van der Waals surface area contributed by atoms with Gasteiger partial charge in [-0.15, -0.1) is 0 Å². The van der Waals surface area contributed by atoms with Crippen molar-refractivity contribution in [2.24, 2.45) is 5.92 Å². The van der Waals surface area contributed by atoms with Gasteiger partial charge in [-0.2, -0.15) is 0 Å². The van der Waals surface area contributed by atoms with E-state index in [1.165, 1.54) is 26.4 Å². The van der Waals surface area contributed by atoms with Gasteiger partial charge in [0.2, 0.25) is 5.91 Å². The molecule has 1 atom stereocenters. The number of hydrogen-bond donors (Lipinski definition) is 1. The molecule has 0 aliphatic rings. The molecule has 0 rings (SSSR count). The molecule has 1 N–H and O–H groups in total. The van der Waals surface area contributed by atoms with E-state index in [2.05, 4.69) is 17.0 Å². The lowest BCUT2D eigenvalue weighted by molar-refractivity contribution is -0.146. The first-order chi connectivity index (χ1) is 8.52. The molecule has 0 radical (unpaired) electrons. The molecule has 4 heteroatoms. The van der Waals surface area contributed by atoms with Crippen LogP contribution >= 0.6 is 0 Å². The Morgan fingerprint density at radius 2 is 1.72 bits per heavy atom. The van der Waals surface area contributed by atoms with E-state index in [0.29, 0.717) is 6.42 Å². The highest BCUT2D eigenvalue weighted by atomic mass is 16.5. The number of amides is 1. The number of carbonyl (C=O) groups excluding carboxylic acids is 2. The summed E-state index contributed by atoms with van der Waals surface area (Å²) >= 11 is 0. The lowest BCUT2D eigenvalue weighted by Crippen LogP contribution is -2.44. The third kappa shape index (κ3) is 7.30. The van der Waals surface area contributed by atoms with E-state index in [0.717, 1.165) is 12.8 Å². The largest absolute Gasteiger partial charge is 0.467 e. The van der Waals surface area contributed by atoms with Gasteiger partial charge in [-0.25, -0.2) is 4.79 Å². The normalized spacial score (nSPS) is 12.3. The number of unbranched alkanes of at least 4 members (excludes halogenated alkanes) is 4. The minimum atomic E-state index is -0.529. The van der Waals surface area contributed by atoms with Crippen molar-refractivity contribution in [3.8, 4) is 0 Å². The second-order valence-corrected chi connectivity index (χ2v) is 4.98. The number of methoxy groups -OCH3 is 1. The fraction of sp³-hybridized carbons (Fsp3) is 0.857. The fourth-order valence-corrected chi connectivity index (χ4v) is 1.76. The first kappa shape index (κ1) is 16.9. The Morgan fingerprint density at radius 1 is 1.11 bits per heavy atom. The number of carbonyl (C=O) groups is 2. The van der Waals surface area contributed by atoms with Crippen LogP contribution in [0.5, 0.6) is 0 Å². The lowest BCUT2D eigenvalue weighted by Gasteiger charge is -2.19. The molecule has 0 heterocycles. The molecule has 0 spiro atoms. The maximum absolute atomic E-state index is 11.7. The first-order valence-corrected chi connectivity index (χ1v) is 6.90. The highest BCUT2D eigenvalue weighted by Gasteiger charge is 2.24. The molecule has 0 saturated heterocycles. The van der Waals surface area contributed by atoms with Crippen molar-refractivity contribution in [3.05, 3.63) is 0 Å². The van der Waals surface area contributed by atoms with E-state index in [4.69, 9.17) is 0 Å². The van der Waals surface area contributed by atoms with Crippen LogP contribution in [0.25, 0.3) is 0 Å². The van der Waals surface area contributed by atoms with Crippen LogP contribution in [0.3, 0.4) is 0 Å². The van der Waals surface area contributed by atoms with Gasteiger partial charge in [0.25, 0.3) is 0 Å². The van der Waals surface area contributed by atoms with Crippen LogP contribution in [0.2, 0.25) is 0 Å². The van der Waals surface area contributed by atoms with Gasteiger partial charge in [0.1, 0.15) is 6.04 Å². The lowest BCUT2D eigenvalue weighted by atomic mass is 10.0. The third-order valence-electron chi connectivity index (χ3n) is 2.95. The highest BCUT2D eigenvalue weighted by Crippen LogP contribution is 2.07. The summed E-state index contributed by atoms with van der Waals surface area (Å²) in [5, 5.41) is 2.74. The Balaban J connectivity index is 3.92. The molecule has 0 aromatic heterocycles. The molecule has 106 valence electrons. The number of rotatable bonds is 9. The summed E-state index contributed by atoms with van der Waals surface area (Å²) in [4.78, 5) is 23.2. The van der Waals surface area contributed by atoms with E-state index >= 15 is 0 Å². The van der Waals surface area contributed by atoms with Crippen molar-refractivity contribution in [2.45, 2.75) is 65.3 Å². The van der Waals surface area contributed by atoms with Crippen molar-refractivity contribution in [1.29, 1.82) is 0 Å². The zero-order valence-electron chi connectivity index (χ0n) is 12.1. The number of hydrogen-bond acceptors (Lipinski definition) is 3. The predicted octanol–water partition coefficient (Wildman–Crippen LogP) is 2.66. The third-order valence-corrected chi connectivity index (χ3v) is 2.95. The van der Waals surface area contributed by atoms with Crippen LogP contribution in [0.4, 0.5) is 0 Å². The Labute approximate surface area is 110 Å². The average Bonchev–Trinajstić information content (AvgIpc) is 2.34. The van der Waals surface area contributed by atoms with Crippen LogP contribution in [0.1, 0.15) is 59.3 Å². The number of nitrogens with one attached hydrogen (secondary N) is 1. The zero-order valence-corrected chi connectivity index (χ0v) is 12.1. The monoisotopic (exact) mass is 257 g/mol. The van der Waals surface area contributed by atoms with Gasteiger partial charge in [0.15, 0.2) is 0 Å². The minimum Gasteiger partial charge on any atom is -0.467 e. The van der Waals surface area contributed by atoms with Gasteiger partial charge in [-0.1, -0.05) is 46.5 Å². The van der Waals surface area contributed by atoms with Gasteiger partial charge in [-0.05, 0) is 12.3 Å². The van der Waals surface area contributed by atoms with Crippen molar-refractivity contribution in [1.82, 2.24) is 5.32 Å². The predicted molar refractivity (Wildman–Crippen MR) is 72.2 cm³/mol. The summed E-state index contributed by atoms with van der Waals surface area (Å²) in [6, 6.07) is -0.529. The molecule has 1 amide bonds. The molecule has 18 heavy (non-hydrogen) atoms. The number of ether oxygens (including phenoxy) is 1. The fourth-order valence-electron chi connectivity index (χ4n) is 1.76. The van der Waals surface area contributed by atoms with Crippen LogP contribution < -0.4 is 5.32 Å². The summed E-state index contributed by atoms with van der Waals surface area (Å²) in [7, 11) is 1.34. The Bertz CT molecular complexity index is 251. The van der Waals surface area contributed by atoms with Crippen molar-refractivity contribution < 1.29 is 14.3 Å². The molecule has 4 nitrogen and oxygen atoms in total. The van der Waals surface area contributed by atoms with Gasteiger partial charge in [0, 0.05) is 6.42 Å². The van der Waals surface area contributed by atoms with Crippen molar-refractivity contribution >= 4 is 11.9 Å². The Kier molecular flexibility index (Phi) is 9.33. The molecule has 0 fully saturated rings. The molecule has 0 aromatic carbocycles. The van der Waals surface area contributed by atoms with Crippen LogP contribution in [-0.2, 0) is 14.3 Å². The molecule has 0 aliphatic carbocycles. The summed E-state index contributed by atoms with van der Waals surface area (Å²) in [5.41, 5.74) is 0. The van der Waals surface area contributed by atoms with Crippen molar-refractivity contribution in [3.63, 3.8) is 0 Å². The zero-order chi connectivity index (χ0) is 14.0. The van der Waals surface area contributed by atoms with E-state index in [1.54, 1.807) is 0 Å². The maximum Gasteiger partial charge on any atom is 0.328 e. The number of esters is 1. The van der Waals surface area contributed by atoms with E-state index in [9.17, 15) is 9.59 Å². The first-order valence-electron chi connectivity index (χ1n) is 6.90. The molecule has 1 unspecified atom stereocenters. The maximum atomic E-state index is 11.7. The molecule has 0 aromatic rings. The van der Waals surface area contributed by atoms with Gasteiger partial charge in [0.05, 0.1) is 7.11 Å². The molecule has 0 bridgehead atoms. The standard InChI is InChI=1S/C14H27NO3/c1-5-6-7-8-9-10-12(16)15-13(11(2)3)14(17)18-4/h11,13H,5-10H2,1-4H3,(H,15,16). The van der Waals surface area contributed by atoms with Gasteiger partial charge >= 0.3 is 5.97 Å². The summed E-state index contributed by atoms with van der Waals surface area (Å²) in [5.74, 6) is -0.388. The quantitative estimate of drug-likeness (QED) is 0.510. The molecule has 0 saturated carbocycles.